The molecule has 0 aliphatic carbocycles. The van der Waals surface area contributed by atoms with Crippen molar-refractivity contribution in [1.29, 1.82) is 0 Å². The van der Waals surface area contributed by atoms with Crippen LogP contribution in [-0.2, 0) is 6.61 Å². The Balaban J connectivity index is 2.03. The van der Waals surface area contributed by atoms with Gasteiger partial charge in [0.1, 0.15) is 12.4 Å². The van der Waals surface area contributed by atoms with Crippen LogP contribution in [0.15, 0.2) is 42.5 Å². The molecule has 2 rings (SSSR count). The first-order chi connectivity index (χ1) is 9.19. The lowest BCUT2D eigenvalue weighted by atomic mass is 10.2. The number of halogens is 2. The minimum absolute atomic E-state index is 0.134. The van der Waals surface area contributed by atoms with Gasteiger partial charge in [-0.25, -0.2) is 8.78 Å². The highest BCUT2D eigenvalue weighted by atomic mass is 19.1. The minimum Gasteiger partial charge on any atom is -0.486 e. The third-order valence-corrected chi connectivity index (χ3v) is 2.60. The second-order valence-electron chi connectivity index (χ2n) is 4.09. The molecule has 0 saturated carbocycles. The summed E-state index contributed by atoms with van der Waals surface area (Å²) in [7, 11) is 0. The van der Waals surface area contributed by atoms with Crippen LogP contribution < -0.4 is 10.1 Å². The Morgan fingerprint density at radius 3 is 2.63 bits per heavy atom. The maximum atomic E-state index is 13.7. The van der Waals surface area contributed by atoms with Crippen LogP contribution in [-0.4, -0.2) is 6.54 Å². The fourth-order valence-electron chi connectivity index (χ4n) is 1.72. The summed E-state index contributed by atoms with van der Waals surface area (Å²) >= 11 is 0. The highest BCUT2D eigenvalue weighted by Gasteiger charge is 2.05. The average molecular weight is 263 g/mol. The van der Waals surface area contributed by atoms with Crippen LogP contribution in [0.25, 0.3) is 0 Å². The highest BCUT2D eigenvalue weighted by Crippen LogP contribution is 2.22. The van der Waals surface area contributed by atoms with E-state index in [0.29, 0.717) is 11.3 Å². The summed E-state index contributed by atoms with van der Waals surface area (Å²) in [5.41, 5.74) is 1.37. The first kappa shape index (κ1) is 13.3. The topological polar surface area (TPSA) is 21.3 Å². The summed E-state index contributed by atoms with van der Waals surface area (Å²) in [4.78, 5) is 0. The fraction of sp³-hybridized carbons (Fsp3) is 0.200. The van der Waals surface area contributed by atoms with E-state index >= 15 is 0 Å². The highest BCUT2D eigenvalue weighted by molar-refractivity contribution is 5.47. The summed E-state index contributed by atoms with van der Waals surface area (Å²) in [5, 5.41) is 3.01. The molecule has 2 aromatic rings. The van der Waals surface area contributed by atoms with Gasteiger partial charge >= 0.3 is 0 Å². The quantitative estimate of drug-likeness (QED) is 0.881. The van der Waals surface area contributed by atoms with Gasteiger partial charge in [0.05, 0.1) is 0 Å². The number of rotatable bonds is 5. The molecule has 0 aromatic heterocycles. The average Bonchev–Trinajstić information content (AvgIpc) is 2.38. The molecule has 0 atom stereocenters. The molecule has 0 bridgehead atoms. The Hall–Kier alpha value is -2.10. The summed E-state index contributed by atoms with van der Waals surface area (Å²) in [6.45, 7) is 2.80. The molecule has 0 unspecified atom stereocenters. The summed E-state index contributed by atoms with van der Waals surface area (Å²) in [6.07, 6.45) is 0. The van der Waals surface area contributed by atoms with Crippen molar-refractivity contribution in [3.63, 3.8) is 0 Å². The van der Waals surface area contributed by atoms with E-state index in [4.69, 9.17) is 4.74 Å². The Bertz CT molecular complexity index is 558. The number of nitrogens with one attached hydrogen (secondary N) is 1. The molecule has 0 fully saturated rings. The van der Waals surface area contributed by atoms with Crippen molar-refractivity contribution in [2.45, 2.75) is 13.5 Å². The largest absolute Gasteiger partial charge is 0.486 e. The lowest BCUT2D eigenvalue weighted by Gasteiger charge is -2.09. The third kappa shape index (κ3) is 3.68. The van der Waals surface area contributed by atoms with Gasteiger partial charge < -0.3 is 10.1 Å². The van der Waals surface area contributed by atoms with Crippen LogP contribution in [0.2, 0.25) is 0 Å². The van der Waals surface area contributed by atoms with Crippen LogP contribution in [0.3, 0.4) is 0 Å². The summed E-state index contributed by atoms with van der Waals surface area (Å²) in [5.74, 6) is -0.607. The van der Waals surface area contributed by atoms with Crippen molar-refractivity contribution < 1.29 is 13.5 Å². The number of hydrogen-bond donors (Lipinski definition) is 1. The molecule has 0 saturated heterocycles. The molecule has 0 aliphatic rings. The number of ether oxygens (including phenoxy) is 1. The molecule has 1 N–H and O–H groups in total. The van der Waals surface area contributed by atoms with Crippen molar-refractivity contribution in [1.82, 2.24) is 0 Å². The Kier molecular flexibility index (Phi) is 4.34. The van der Waals surface area contributed by atoms with Gasteiger partial charge in [-0.05, 0) is 36.8 Å². The molecule has 4 heteroatoms. The first-order valence-electron chi connectivity index (χ1n) is 6.09. The normalized spacial score (nSPS) is 10.3. The van der Waals surface area contributed by atoms with E-state index in [1.54, 1.807) is 24.3 Å². The smallest absolute Gasteiger partial charge is 0.167 e. The SMILES string of the molecule is CCNc1ccc(OCc2cccc(F)c2)c(F)c1. The fourth-order valence-corrected chi connectivity index (χ4v) is 1.72. The molecule has 0 heterocycles. The standard InChI is InChI=1S/C15H15F2NO/c1-2-18-13-6-7-15(14(17)9-13)19-10-11-4-3-5-12(16)8-11/h3-9,18H,2,10H2,1H3. The zero-order valence-electron chi connectivity index (χ0n) is 10.6. The maximum Gasteiger partial charge on any atom is 0.167 e. The van der Waals surface area contributed by atoms with E-state index in [1.807, 2.05) is 6.92 Å². The van der Waals surface area contributed by atoms with E-state index in [2.05, 4.69) is 5.32 Å². The third-order valence-electron chi connectivity index (χ3n) is 2.60. The van der Waals surface area contributed by atoms with Crippen LogP contribution >= 0.6 is 0 Å². The van der Waals surface area contributed by atoms with Gasteiger partial charge in [0.25, 0.3) is 0 Å². The Morgan fingerprint density at radius 1 is 1.11 bits per heavy atom. The number of benzene rings is 2. The van der Waals surface area contributed by atoms with Gasteiger partial charge in [0.15, 0.2) is 11.6 Å². The molecule has 0 radical (unpaired) electrons. The summed E-state index contributed by atoms with van der Waals surface area (Å²) in [6, 6.07) is 10.7. The first-order valence-corrected chi connectivity index (χ1v) is 6.09. The van der Waals surface area contributed by atoms with Crippen molar-refractivity contribution in [2.24, 2.45) is 0 Å². The predicted molar refractivity (Wildman–Crippen MR) is 71.3 cm³/mol. The van der Waals surface area contributed by atoms with Crippen molar-refractivity contribution in [3.8, 4) is 5.75 Å². The molecule has 2 nitrogen and oxygen atoms in total. The Morgan fingerprint density at radius 2 is 1.95 bits per heavy atom. The van der Waals surface area contributed by atoms with Crippen molar-refractivity contribution in [2.75, 3.05) is 11.9 Å². The van der Waals surface area contributed by atoms with Crippen LogP contribution in [0.5, 0.6) is 5.75 Å². The van der Waals surface area contributed by atoms with Crippen molar-refractivity contribution in [3.05, 3.63) is 59.7 Å². The van der Waals surface area contributed by atoms with E-state index < -0.39 is 5.82 Å². The second-order valence-corrected chi connectivity index (χ2v) is 4.09. The zero-order chi connectivity index (χ0) is 13.7. The van der Waals surface area contributed by atoms with E-state index in [-0.39, 0.29) is 18.2 Å². The molecule has 100 valence electrons. The number of anilines is 1. The van der Waals surface area contributed by atoms with E-state index in [0.717, 1.165) is 6.54 Å². The van der Waals surface area contributed by atoms with Crippen LogP contribution in [0, 0.1) is 11.6 Å². The predicted octanol–water partition coefficient (Wildman–Crippen LogP) is 3.98. The molecule has 19 heavy (non-hydrogen) atoms. The maximum absolute atomic E-state index is 13.7. The Labute approximate surface area is 111 Å². The van der Waals surface area contributed by atoms with Crippen LogP contribution in [0.1, 0.15) is 12.5 Å². The van der Waals surface area contributed by atoms with Crippen LogP contribution in [0.4, 0.5) is 14.5 Å². The van der Waals surface area contributed by atoms with Gasteiger partial charge in [-0.15, -0.1) is 0 Å². The lowest BCUT2D eigenvalue weighted by Crippen LogP contribution is -2.00. The lowest BCUT2D eigenvalue weighted by molar-refractivity contribution is 0.290. The van der Waals surface area contributed by atoms with Gasteiger partial charge in [-0.3, -0.25) is 0 Å². The molecule has 2 aromatic carbocycles. The summed E-state index contributed by atoms with van der Waals surface area (Å²) < 4.78 is 32.0. The minimum atomic E-state index is -0.435. The monoisotopic (exact) mass is 263 g/mol. The zero-order valence-corrected chi connectivity index (χ0v) is 10.6. The van der Waals surface area contributed by atoms with Gasteiger partial charge in [0, 0.05) is 18.3 Å². The van der Waals surface area contributed by atoms with E-state index in [9.17, 15) is 8.78 Å². The van der Waals surface area contributed by atoms with Gasteiger partial charge in [-0.1, -0.05) is 12.1 Å². The van der Waals surface area contributed by atoms with Gasteiger partial charge in [0.2, 0.25) is 0 Å². The van der Waals surface area contributed by atoms with E-state index in [1.165, 1.54) is 18.2 Å². The molecule has 0 amide bonds. The molecular weight excluding hydrogens is 248 g/mol. The molecule has 0 aliphatic heterocycles. The second kappa shape index (κ2) is 6.18. The molecule has 0 spiro atoms. The number of hydrogen-bond acceptors (Lipinski definition) is 2. The van der Waals surface area contributed by atoms with Crippen molar-refractivity contribution >= 4 is 5.69 Å². The molecular formula is C15H15F2NO. The van der Waals surface area contributed by atoms with Gasteiger partial charge in [-0.2, -0.15) is 0 Å².